The van der Waals surface area contributed by atoms with Crippen molar-refractivity contribution in [1.29, 1.82) is 0 Å². The maximum absolute atomic E-state index is 3.76. The molecule has 0 aliphatic heterocycles. The summed E-state index contributed by atoms with van der Waals surface area (Å²) in [6, 6.07) is 17.7. The number of benzene rings is 1. The summed E-state index contributed by atoms with van der Waals surface area (Å²) in [4.78, 5) is 2.72. The Labute approximate surface area is 141 Å². The van der Waals surface area contributed by atoms with Gasteiger partial charge in [-0.05, 0) is 47.5 Å². The van der Waals surface area contributed by atoms with Gasteiger partial charge >= 0.3 is 0 Å². The van der Waals surface area contributed by atoms with Crippen molar-refractivity contribution in [2.45, 2.75) is 19.0 Å². The van der Waals surface area contributed by atoms with Gasteiger partial charge in [0.2, 0.25) is 0 Å². The Kier molecular flexibility index (Phi) is 4.91. The average Bonchev–Trinajstić information content (AvgIpc) is 3.19. The minimum absolute atomic E-state index is 0.267. The maximum atomic E-state index is 3.76. The first kappa shape index (κ1) is 15.0. The van der Waals surface area contributed by atoms with Crippen molar-refractivity contribution >= 4 is 38.6 Å². The van der Waals surface area contributed by atoms with Gasteiger partial charge in [0.25, 0.3) is 0 Å². The van der Waals surface area contributed by atoms with E-state index < -0.39 is 0 Å². The molecule has 0 aliphatic carbocycles. The molecule has 0 saturated carbocycles. The van der Waals surface area contributed by atoms with Gasteiger partial charge in [-0.3, -0.25) is 5.32 Å². The predicted molar refractivity (Wildman–Crippen MR) is 96.2 cm³/mol. The third-order valence-electron chi connectivity index (χ3n) is 3.44. The number of nitrogens with one attached hydrogen (secondary N) is 1. The van der Waals surface area contributed by atoms with Crippen molar-refractivity contribution in [2.24, 2.45) is 0 Å². The molecular weight excluding hydrogens is 362 g/mol. The molecule has 0 amide bonds. The molecule has 0 aliphatic rings. The largest absolute Gasteiger partial charge is 0.298 e. The molecule has 0 saturated heterocycles. The first-order valence-corrected chi connectivity index (χ1v) is 9.37. The van der Waals surface area contributed by atoms with E-state index in [4.69, 9.17) is 0 Å². The zero-order chi connectivity index (χ0) is 14.7. The van der Waals surface area contributed by atoms with Crippen molar-refractivity contribution in [3.8, 4) is 0 Å². The summed E-state index contributed by atoms with van der Waals surface area (Å²) in [7, 11) is 0. The molecule has 0 spiro atoms. The van der Waals surface area contributed by atoms with Gasteiger partial charge in [0.05, 0.1) is 6.04 Å². The second-order valence-corrected chi connectivity index (χ2v) is 7.78. The summed E-state index contributed by atoms with van der Waals surface area (Å²) in [5.41, 5.74) is 1.30. The fourth-order valence-corrected chi connectivity index (χ4v) is 4.26. The molecule has 3 aromatic rings. The van der Waals surface area contributed by atoms with E-state index in [-0.39, 0.29) is 6.04 Å². The van der Waals surface area contributed by atoms with Crippen molar-refractivity contribution in [3.63, 3.8) is 0 Å². The number of hydrogen-bond acceptors (Lipinski definition) is 3. The lowest BCUT2D eigenvalue weighted by molar-refractivity contribution is 0.526. The van der Waals surface area contributed by atoms with Crippen LogP contribution in [-0.2, 0) is 0 Å². The van der Waals surface area contributed by atoms with Crippen LogP contribution in [0.15, 0.2) is 63.8 Å². The fraction of sp³-hybridized carbons (Fsp3) is 0.176. The Morgan fingerprint density at radius 1 is 0.905 bits per heavy atom. The van der Waals surface area contributed by atoms with E-state index in [2.05, 4.69) is 87.5 Å². The smallest absolute Gasteiger partial charge is 0.0769 e. The van der Waals surface area contributed by atoms with Crippen molar-refractivity contribution in [1.82, 2.24) is 5.32 Å². The Hall–Kier alpha value is -0.940. The van der Waals surface area contributed by atoms with E-state index in [0.29, 0.717) is 6.04 Å². The van der Waals surface area contributed by atoms with Gasteiger partial charge in [0.15, 0.2) is 0 Å². The molecule has 4 heteroatoms. The Balaban J connectivity index is 1.83. The molecule has 2 aromatic heterocycles. The highest BCUT2D eigenvalue weighted by atomic mass is 79.9. The maximum Gasteiger partial charge on any atom is 0.0769 e. The van der Waals surface area contributed by atoms with Crippen LogP contribution in [0.3, 0.4) is 0 Å². The number of thiophene rings is 2. The van der Waals surface area contributed by atoms with Gasteiger partial charge < -0.3 is 0 Å². The molecule has 1 N–H and O–H groups in total. The van der Waals surface area contributed by atoms with E-state index in [0.717, 1.165) is 4.47 Å². The Bertz CT molecular complexity index is 625. The Morgan fingerprint density at radius 3 is 1.95 bits per heavy atom. The summed E-state index contributed by atoms with van der Waals surface area (Å²) < 4.78 is 1.12. The normalized spacial score (nSPS) is 12.7. The third kappa shape index (κ3) is 3.64. The lowest BCUT2D eigenvalue weighted by Gasteiger charge is -2.22. The molecular formula is C17H16BrNS2. The lowest BCUT2D eigenvalue weighted by Crippen LogP contribution is -2.24. The lowest BCUT2D eigenvalue weighted by atomic mass is 10.1. The molecule has 2 heterocycles. The van der Waals surface area contributed by atoms with Crippen molar-refractivity contribution in [2.75, 3.05) is 0 Å². The van der Waals surface area contributed by atoms with Crippen LogP contribution in [0.5, 0.6) is 0 Å². The number of rotatable bonds is 5. The van der Waals surface area contributed by atoms with E-state index >= 15 is 0 Å². The van der Waals surface area contributed by atoms with Gasteiger partial charge in [0.1, 0.15) is 0 Å². The second kappa shape index (κ2) is 6.88. The summed E-state index contributed by atoms with van der Waals surface area (Å²) in [6.07, 6.45) is 0. The summed E-state index contributed by atoms with van der Waals surface area (Å²) in [5, 5.41) is 8.04. The van der Waals surface area contributed by atoms with Gasteiger partial charge in [-0.25, -0.2) is 0 Å². The third-order valence-corrected chi connectivity index (χ3v) is 5.85. The number of hydrogen-bond donors (Lipinski definition) is 1. The first-order chi connectivity index (χ1) is 10.2. The van der Waals surface area contributed by atoms with E-state index in [1.807, 2.05) is 0 Å². The predicted octanol–water partition coefficient (Wildman–Crippen LogP) is 6.01. The molecule has 108 valence electrons. The van der Waals surface area contributed by atoms with Crippen LogP contribution in [0.4, 0.5) is 0 Å². The molecule has 0 unspecified atom stereocenters. The van der Waals surface area contributed by atoms with Gasteiger partial charge in [-0.2, -0.15) is 0 Å². The Morgan fingerprint density at radius 2 is 1.48 bits per heavy atom. The minimum Gasteiger partial charge on any atom is -0.298 e. The van der Waals surface area contributed by atoms with Crippen LogP contribution in [-0.4, -0.2) is 0 Å². The van der Waals surface area contributed by atoms with E-state index in [1.165, 1.54) is 15.3 Å². The highest BCUT2D eigenvalue weighted by Gasteiger charge is 2.19. The molecule has 0 bridgehead atoms. The van der Waals surface area contributed by atoms with E-state index in [1.54, 1.807) is 22.7 Å². The topological polar surface area (TPSA) is 12.0 Å². The molecule has 21 heavy (non-hydrogen) atoms. The summed E-state index contributed by atoms with van der Waals surface area (Å²) in [5.74, 6) is 0. The van der Waals surface area contributed by atoms with Crippen molar-refractivity contribution in [3.05, 3.63) is 79.1 Å². The summed E-state index contributed by atoms with van der Waals surface area (Å²) in [6.45, 7) is 2.22. The highest BCUT2D eigenvalue weighted by molar-refractivity contribution is 9.10. The minimum atomic E-state index is 0.267. The molecule has 1 aromatic carbocycles. The zero-order valence-corrected chi connectivity index (χ0v) is 14.8. The highest BCUT2D eigenvalue weighted by Crippen LogP contribution is 2.31. The quantitative estimate of drug-likeness (QED) is 0.573. The molecule has 1 nitrogen and oxygen atoms in total. The van der Waals surface area contributed by atoms with Gasteiger partial charge in [-0.15, -0.1) is 22.7 Å². The monoisotopic (exact) mass is 377 g/mol. The number of halogens is 1. The summed E-state index contributed by atoms with van der Waals surface area (Å²) >= 11 is 7.10. The molecule has 1 atom stereocenters. The van der Waals surface area contributed by atoms with Crippen LogP contribution in [0.25, 0.3) is 0 Å². The van der Waals surface area contributed by atoms with Gasteiger partial charge in [0, 0.05) is 20.3 Å². The standard InChI is InChI=1S/C17H16BrNS2/c1-12(13-6-8-14(18)9-7-13)19-17(15-4-2-10-20-15)16-5-3-11-21-16/h2-12,17,19H,1H3/t12-/m1/s1. The molecule has 3 rings (SSSR count). The SMILES string of the molecule is C[C@@H](NC(c1cccs1)c1cccs1)c1ccc(Br)cc1. The van der Waals surface area contributed by atoms with Gasteiger partial charge in [-0.1, -0.05) is 40.2 Å². The first-order valence-electron chi connectivity index (χ1n) is 6.82. The van der Waals surface area contributed by atoms with E-state index in [9.17, 15) is 0 Å². The zero-order valence-electron chi connectivity index (χ0n) is 11.6. The van der Waals surface area contributed by atoms with Crippen LogP contribution in [0.1, 0.15) is 34.3 Å². The second-order valence-electron chi connectivity index (χ2n) is 4.90. The molecule has 0 radical (unpaired) electrons. The van der Waals surface area contributed by atoms with Crippen LogP contribution in [0.2, 0.25) is 0 Å². The van der Waals surface area contributed by atoms with Crippen LogP contribution in [0, 0.1) is 0 Å². The van der Waals surface area contributed by atoms with Crippen LogP contribution < -0.4 is 5.32 Å². The molecule has 0 fully saturated rings. The fourth-order valence-electron chi connectivity index (χ4n) is 2.31. The van der Waals surface area contributed by atoms with Crippen LogP contribution >= 0.6 is 38.6 Å². The average molecular weight is 378 g/mol. The van der Waals surface area contributed by atoms with Crippen molar-refractivity contribution < 1.29 is 0 Å².